The van der Waals surface area contributed by atoms with Crippen LogP contribution >= 0.6 is 0 Å². The van der Waals surface area contributed by atoms with Gasteiger partial charge >= 0.3 is 0 Å². The van der Waals surface area contributed by atoms with Gasteiger partial charge in [0, 0.05) is 13.1 Å². The quantitative estimate of drug-likeness (QED) is 0.459. The molecule has 0 saturated heterocycles. The minimum absolute atomic E-state index is 0.259. The van der Waals surface area contributed by atoms with Crippen LogP contribution in [0.5, 0.6) is 0 Å². The van der Waals surface area contributed by atoms with Gasteiger partial charge in [-0.05, 0) is 6.42 Å². The van der Waals surface area contributed by atoms with E-state index in [-0.39, 0.29) is 11.6 Å². The Balaban J connectivity index is 2.21. The number of aromatic nitrogens is 3. The van der Waals surface area contributed by atoms with Gasteiger partial charge < -0.3 is 15.8 Å². The Morgan fingerprint density at radius 2 is 2.44 bits per heavy atom. The predicted octanol–water partition coefficient (Wildman–Crippen LogP) is -0.441. The number of rotatable bonds is 9. The second-order valence-corrected chi connectivity index (χ2v) is 3.60. The Morgan fingerprint density at radius 1 is 1.61 bits per heavy atom. The van der Waals surface area contributed by atoms with Gasteiger partial charge in [-0.2, -0.15) is 0 Å². The number of nitrogens with two attached hydrogens (primary N) is 1. The zero-order chi connectivity index (χ0) is 13.2. The average molecular weight is 253 g/mol. The highest BCUT2D eigenvalue weighted by molar-refractivity contribution is 5.91. The SMILES string of the molecule is C=CCCOCCNC(=O)c1cn(CCN)nn1. The summed E-state index contributed by atoms with van der Waals surface area (Å²) < 4.78 is 6.80. The maximum Gasteiger partial charge on any atom is 0.273 e. The molecule has 1 aromatic heterocycles. The van der Waals surface area contributed by atoms with Gasteiger partial charge in [0.1, 0.15) is 0 Å². The minimum atomic E-state index is -0.259. The zero-order valence-corrected chi connectivity index (χ0v) is 10.3. The minimum Gasteiger partial charge on any atom is -0.379 e. The Labute approximate surface area is 106 Å². The van der Waals surface area contributed by atoms with Gasteiger partial charge in [-0.3, -0.25) is 9.48 Å². The molecule has 0 aromatic carbocycles. The first-order chi connectivity index (χ1) is 8.77. The molecule has 100 valence electrons. The number of nitrogens with one attached hydrogen (secondary N) is 1. The fraction of sp³-hybridized carbons (Fsp3) is 0.545. The highest BCUT2D eigenvalue weighted by atomic mass is 16.5. The molecule has 1 amide bonds. The van der Waals surface area contributed by atoms with Crippen molar-refractivity contribution in [1.82, 2.24) is 20.3 Å². The molecule has 0 atom stereocenters. The van der Waals surface area contributed by atoms with E-state index in [0.29, 0.717) is 32.8 Å². The van der Waals surface area contributed by atoms with E-state index in [1.54, 1.807) is 12.3 Å². The van der Waals surface area contributed by atoms with Gasteiger partial charge in [0.2, 0.25) is 0 Å². The van der Waals surface area contributed by atoms with E-state index in [2.05, 4.69) is 22.2 Å². The van der Waals surface area contributed by atoms with Crippen molar-refractivity contribution in [3.63, 3.8) is 0 Å². The van der Waals surface area contributed by atoms with Crippen molar-refractivity contribution in [1.29, 1.82) is 0 Å². The summed E-state index contributed by atoms with van der Waals surface area (Å²) in [5.41, 5.74) is 5.66. The van der Waals surface area contributed by atoms with Gasteiger partial charge in [-0.1, -0.05) is 11.3 Å². The van der Waals surface area contributed by atoms with Gasteiger partial charge in [0.05, 0.1) is 26.0 Å². The third-order valence-corrected chi connectivity index (χ3v) is 2.13. The molecule has 0 fully saturated rings. The second kappa shape index (κ2) is 8.37. The first kappa shape index (κ1) is 14.3. The van der Waals surface area contributed by atoms with Crippen LogP contribution in [0.15, 0.2) is 18.9 Å². The van der Waals surface area contributed by atoms with E-state index >= 15 is 0 Å². The number of carbonyl (C=O) groups is 1. The molecule has 0 unspecified atom stereocenters. The number of hydrogen-bond acceptors (Lipinski definition) is 5. The van der Waals surface area contributed by atoms with Crippen LogP contribution in [0.25, 0.3) is 0 Å². The van der Waals surface area contributed by atoms with E-state index in [9.17, 15) is 4.79 Å². The van der Waals surface area contributed by atoms with Gasteiger partial charge in [0.15, 0.2) is 5.69 Å². The number of hydrogen-bond donors (Lipinski definition) is 2. The van der Waals surface area contributed by atoms with Crippen LogP contribution in [-0.2, 0) is 11.3 Å². The van der Waals surface area contributed by atoms with E-state index < -0.39 is 0 Å². The van der Waals surface area contributed by atoms with Crippen molar-refractivity contribution in [3.05, 3.63) is 24.5 Å². The molecule has 0 aliphatic heterocycles. The molecule has 3 N–H and O–H groups in total. The highest BCUT2D eigenvalue weighted by Crippen LogP contribution is 1.92. The second-order valence-electron chi connectivity index (χ2n) is 3.60. The number of nitrogens with zero attached hydrogens (tertiary/aromatic N) is 3. The summed E-state index contributed by atoms with van der Waals surface area (Å²) in [6.45, 7) is 6.12. The molecule has 0 aliphatic carbocycles. The summed E-state index contributed by atoms with van der Waals surface area (Å²) in [6.07, 6.45) is 4.16. The van der Waals surface area contributed by atoms with Gasteiger partial charge in [-0.25, -0.2) is 0 Å². The van der Waals surface area contributed by atoms with Crippen molar-refractivity contribution < 1.29 is 9.53 Å². The normalized spacial score (nSPS) is 10.3. The largest absolute Gasteiger partial charge is 0.379 e. The molecule has 0 aliphatic rings. The number of carbonyl (C=O) groups excluding carboxylic acids is 1. The zero-order valence-electron chi connectivity index (χ0n) is 10.3. The molecular formula is C11H19N5O2. The summed E-state index contributed by atoms with van der Waals surface area (Å²) in [5.74, 6) is -0.259. The highest BCUT2D eigenvalue weighted by Gasteiger charge is 2.09. The molecular weight excluding hydrogens is 234 g/mol. The summed E-state index contributed by atoms with van der Waals surface area (Å²) in [4.78, 5) is 11.6. The van der Waals surface area contributed by atoms with Gasteiger partial charge in [-0.15, -0.1) is 11.7 Å². The van der Waals surface area contributed by atoms with E-state index in [1.807, 2.05) is 0 Å². The van der Waals surface area contributed by atoms with Crippen molar-refractivity contribution in [2.24, 2.45) is 5.73 Å². The van der Waals surface area contributed by atoms with Crippen molar-refractivity contribution >= 4 is 5.91 Å². The summed E-state index contributed by atoms with van der Waals surface area (Å²) in [5, 5.41) is 10.2. The monoisotopic (exact) mass is 253 g/mol. The fourth-order valence-electron chi connectivity index (χ4n) is 1.24. The Morgan fingerprint density at radius 3 is 3.17 bits per heavy atom. The smallest absolute Gasteiger partial charge is 0.273 e. The fourth-order valence-corrected chi connectivity index (χ4v) is 1.24. The van der Waals surface area contributed by atoms with Crippen LogP contribution in [0.3, 0.4) is 0 Å². The molecule has 0 bridgehead atoms. The van der Waals surface area contributed by atoms with E-state index in [0.717, 1.165) is 6.42 Å². The molecule has 1 rings (SSSR count). The number of amides is 1. The molecule has 7 heteroatoms. The van der Waals surface area contributed by atoms with E-state index in [4.69, 9.17) is 10.5 Å². The van der Waals surface area contributed by atoms with Gasteiger partial charge in [0.25, 0.3) is 5.91 Å². The van der Waals surface area contributed by atoms with Crippen LogP contribution in [0, 0.1) is 0 Å². The lowest BCUT2D eigenvalue weighted by atomic mass is 10.4. The first-order valence-electron chi connectivity index (χ1n) is 5.85. The summed E-state index contributed by atoms with van der Waals surface area (Å²) in [6, 6.07) is 0. The molecule has 1 aromatic rings. The van der Waals surface area contributed by atoms with E-state index in [1.165, 1.54) is 4.68 Å². The maximum absolute atomic E-state index is 11.6. The Kier molecular flexibility index (Phi) is 6.67. The molecule has 0 radical (unpaired) electrons. The summed E-state index contributed by atoms with van der Waals surface area (Å²) >= 11 is 0. The predicted molar refractivity (Wildman–Crippen MR) is 67.0 cm³/mol. The van der Waals surface area contributed by atoms with Crippen LogP contribution < -0.4 is 11.1 Å². The van der Waals surface area contributed by atoms with Crippen LogP contribution in [0.1, 0.15) is 16.9 Å². The molecule has 18 heavy (non-hydrogen) atoms. The van der Waals surface area contributed by atoms with Crippen molar-refractivity contribution in [3.8, 4) is 0 Å². The lowest BCUT2D eigenvalue weighted by Crippen LogP contribution is -2.27. The summed E-state index contributed by atoms with van der Waals surface area (Å²) in [7, 11) is 0. The lowest BCUT2D eigenvalue weighted by Gasteiger charge is -2.03. The Hall–Kier alpha value is -1.73. The topological polar surface area (TPSA) is 95.1 Å². The van der Waals surface area contributed by atoms with Crippen molar-refractivity contribution in [2.75, 3.05) is 26.3 Å². The maximum atomic E-state index is 11.6. The third-order valence-electron chi connectivity index (χ3n) is 2.13. The van der Waals surface area contributed by atoms with Crippen molar-refractivity contribution in [2.45, 2.75) is 13.0 Å². The standard InChI is InChI=1S/C11H19N5O2/c1-2-3-7-18-8-5-13-11(17)10-9-16(6-4-12)15-14-10/h2,9H,1,3-8,12H2,(H,13,17). The lowest BCUT2D eigenvalue weighted by molar-refractivity contribution is 0.0913. The molecule has 7 nitrogen and oxygen atoms in total. The Bertz CT molecular complexity index is 377. The molecule has 1 heterocycles. The van der Waals surface area contributed by atoms with Crippen LogP contribution in [0.4, 0.5) is 0 Å². The van der Waals surface area contributed by atoms with Crippen LogP contribution in [0.2, 0.25) is 0 Å². The molecule has 0 saturated carbocycles. The molecule has 0 spiro atoms. The average Bonchev–Trinajstić information content (AvgIpc) is 2.82. The number of ether oxygens (including phenoxy) is 1. The first-order valence-corrected chi connectivity index (χ1v) is 5.85. The van der Waals surface area contributed by atoms with Crippen LogP contribution in [-0.4, -0.2) is 47.2 Å². The third kappa shape index (κ3) is 5.07.